The summed E-state index contributed by atoms with van der Waals surface area (Å²) in [5, 5.41) is 2.72. The number of anilines is 1. The van der Waals surface area contributed by atoms with Crippen LogP contribution in [0.5, 0.6) is 0 Å². The third-order valence-electron chi connectivity index (χ3n) is 1.98. The molecule has 16 heavy (non-hydrogen) atoms. The Morgan fingerprint density at radius 2 is 1.56 bits per heavy atom. The molecule has 0 radical (unpaired) electrons. The van der Waals surface area contributed by atoms with Gasteiger partial charge in [-0.3, -0.25) is 0 Å². The van der Waals surface area contributed by atoms with Crippen LogP contribution in [0.2, 0.25) is 0 Å². The second-order valence-corrected chi connectivity index (χ2v) is 3.21. The zero-order chi connectivity index (χ0) is 11.2. The normalized spacial score (nSPS) is 9.50. The van der Waals surface area contributed by atoms with Crippen LogP contribution in [0.15, 0.2) is 60.9 Å². The number of rotatable bonds is 2. The van der Waals surface area contributed by atoms with E-state index in [1.54, 1.807) is 17.1 Å². The summed E-state index contributed by atoms with van der Waals surface area (Å²) in [4.78, 5) is 11.5. The van der Waals surface area contributed by atoms with Crippen LogP contribution in [0.3, 0.4) is 0 Å². The largest absolute Gasteiger partial charge is 0.372 e. The van der Waals surface area contributed by atoms with Crippen molar-refractivity contribution in [1.29, 1.82) is 0 Å². The van der Waals surface area contributed by atoms with Gasteiger partial charge in [0.05, 0.1) is 0 Å². The fourth-order valence-corrected chi connectivity index (χ4v) is 1.27. The van der Waals surface area contributed by atoms with Gasteiger partial charge in [0.25, 0.3) is 0 Å². The monoisotopic (exact) mass is 214 g/mol. The summed E-state index contributed by atoms with van der Waals surface area (Å²) >= 11 is 0. The number of aromatic nitrogens is 1. The molecule has 0 aliphatic carbocycles. The number of para-hydroxylation sites is 1. The number of carbonyl (C=O) groups is 1. The summed E-state index contributed by atoms with van der Waals surface area (Å²) in [5.41, 5.74) is 3.42. The molecule has 0 spiro atoms. The van der Waals surface area contributed by atoms with Gasteiger partial charge >= 0.3 is 6.03 Å². The highest BCUT2D eigenvalue weighted by atomic mass is 16.2. The molecule has 2 aromatic rings. The summed E-state index contributed by atoms with van der Waals surface area (Å²) in [5.74, 6) is 0. The van der Waals surface area contributed by atoms with Crippen molar-refractivity contribution in [3.8, 4) is 0 Å². The molecule has 0 unspecified atom stereocenters. The Kier molecular flexibility index (Phi) is 3.13. The second kappa shape index (κ2) is 4.93. The van der Waals surface area contributed by atoms with Crippen molar-refractivity contribution in [2.75, 3.05) is 10.7 Å². The number of hydrogen-bond donors (Lipinski definition) is 2. The van der Waals surface area contributed by atoms with E-state index in [4.69, 9.17) is 0 Å². The van der Waals surface area contributed by atoms with Crippen molar-refractivity contribution in [2.45, 2.75) is 0 Å². The van der Waals surface area contributed by atoms with E-state index in [1.165, 1.54) is 0 Å². The zero-order valence-corrected chi connectivity index (χ0v) is 8.63. The smallest absolute Gasteiger partial charge is 0.304 e. The van der Waals surface area contributed by atoms with Gasteiger partial charge in [0, 0.05) is 17.8 Å². The first kappa shape index (κ1) is 10.2. The molecule has 0 aliphatic heterocycles. The quantitative estimate of drug-likeness (QED) is 0.735. The summed E-state index contributed by atoms with van der Waals surface area (Å²) in [7, 11) is 0. The minimum absolute atomic E-state index is 0.276. The molecule has 4 heteroatoms. The molecular weight excluding hydrogens is 202 g/mol. The van der Waals surface area contributed by atoms with Crippen LogP contribution in [0.25, 0.3) is 0 Å². The molecule has 4 nitrogen and oxygen atoms in total. The first-order valence-electron chi connectivity index (χ1n) is 4.94. The van der Waals surface area contributed by atoms with Crippen LogP contribution in [0.4, 0.5) is 10.5 Å². The third kappa shape index (κ3) is 2.81. The van der Waals surface area contributed by atoms with Crippen molar-refractivity contribution in [1.82, 2.24) is 0 Å². The summed E-state index contributed by atoms with van der Waals surface area (Å²) in [6.45, 7) is 0. The van der Waals surface area contributed by atoms with E-state index >= 15 is 0 Å². The molecule has 0 saturated heterocycles. The Bertz CT molecular complexity index is 413. The predicted octanol–water partition coefficient (Wildman–Crippen LogP) is 1.75. The van der Waals surface area contributed by atoms with Gasteiger partial charge in [-0.15, -0.1) is 5.43 Å². The highest BCUT2D eigenvalue weighted by Gasteiger charge is 2.05. The molecule has 80 valence electrons. The van der Waals surface area contributed by atoms with E-state index in [0.717, 1.165) is 5.69 Å². The van der Waals surface area contributed by atoms with Crippen LogP contribution in [-0.4, -0.2) is 6.03 Å². The van der Waals surface area contributed by atoms with E-state index < -0.39 is 0 Å². The van der Waals surface area contributed by atoms with Gasteiger partial charge in [-0.25, -0.2) is 4.79 Å². The van der Waals surface area contributed by atoms with Gasteiger partial charge in [-0.1, -0.05) is 28.9 Å². The van der Waals surface area contributed by atoms with Gasteiger partial charge in [0.2, 0.25) is 0 Å². The molecular formula is C12H12N3O+. The Balaban J connectivity index is 1.95. The molecule has 0 bridgehead atoms. The summed E-state index contributed by atoms with van der Waals surface area (Å²) in [6.07, 6.45) is 3.51. The number of nitrogens with zero attached hydrogens (tertiary/aromatic N) is 1. The van der Waals surface area contributed by atoms with Crippen LogP contribution >= 0.6 is 0 Å². The highest BCUT2D eigenvalue weighted by Crippen LogP contribution is 2.03. The van der Waals surface area contributed by atoms with Crippen molar-refractivity contribution in [3.63, 3.8) is 0 Å². The molecule has 0 atom stereocenters. The van der Waals surface area contributed by atoms with Crippen molar-refractivity contribution in [2.24, 2.45) is 0 Å². The standard InChI is InChI=1S/C12H11N3O/c16-12(13-11-7-3-1-4-8-11)14-15-9-5-2-6-10-15/h1-10H,(H-,13,14,16)/p+1. The van der Waals surface area contributed by atoms with Crippen molar-refractivity contribution >= 4 is 11.7 Å². The van der Waals surface area contributed by atoms with Crippen LogP contribution in [0.1, 0.15) is 0 Å². The van der Waals surface area contributed by atoms with Crippen molar-refractivity contribution < 1.29 is 9.47 Å². The molecule has 2 N–H and O–H groups in total. The zero-order valence-electron chi connectivity index (χ0n) is 8.63. The van der Waals surface area contributed by atoms with Gasteiger partial charge in [-0.05, 0) is 12.1 Å². The molecule has 2 rings (SSSR count). The minimum Gasteiger partial charge on any atom is -0.304 e. The molecule has 0 saturated carbocycles. The maximum atomic E-state index is 11.5. The molecule has 1 aromatic carbocycles. The van der Waals surface area contributed by atoms with Crippen LogP contribution in [0, 0.1) is 0 Å². The fraction of sp³-hybridized carbons (Fsp3) is 0. The maximum Gasteiger partial charge on any atom is 0.372 e. The third-order valence-corrected chi connectivity index (χ3v) is 1.98. The van der Waals surface area contributed by atoms with E-state index in [0.29, 0.717) is 0 Å². The number of nitrogens with one attached hydrogen (secondary N) is 2. The molecule has 1 aromatic heterocycles. The maximum absolute atomic E-state index is 11.5. The lowest BCUT2D eigenvalue weighted by atomic mass is 10.3. The average Bonchev–Trinajstić information content (AvgIpc) is 2.31. The first-order valence-corrected chi connectivity index (χ1v) is 4.94. The highest BCUT2D eigenvalue weighted by molar-refractivity contribution is 5.93. The van der Waals surface area contributed by atoms with E-state index in [-0.39, 0.29) is 6.03 Å². The average molecular weight is 214 g/mol. The number of urea groups is 1. The Hall–Kier alpha value is -2.36. The Labute approximate surface area is 93.5 Å². The number of carbonyl (C=O) groups excluding carboxylic acids is 1. The fourth-order valence-electron chi connectivity index (χ4n) is 1.27. The Morgan fingerprint density at radius 1 is 0.938 bits per heavy atom. The van der Waals surface area contributed by atoms with Gasteiger partial charge in [0.15, 0.2) is 12.4 Å². The minimum atomic E-state index is -0.276. The van der Waals surface area contributed by atoms with Crippen LogP contribution < -0.4 is 15.4 Å². The topological polar surface area (TPSA) is 45.0 Å². The van der Waals surface area contributed by atoms with Gasteiger partial charge in [0.1, 0.15) is 0 Å². The summed E-state index contributed by atoms with van der Waals surface area (Å²) < 4.78 is 1.58. The number of benzene rings is 1. The van der Waals surface area contributed by atoms with Gasteiger partial charge < -0.3 is 5.32 Å². The molecule has 2 amide bonds. The Morgan fingerprint density at radius 3 is 2.25 bits per heavy atom. The van der Waals surface area contributed by atoms with E-state index in [2.05, 4.69) is 10.7 Å². The lowest BCUT2D eigenvalue weighted by Gasteiger charge is -2.02. The van der Waals surface area contributed by atoms with Crippen LogP contribution in [-0.2, 0) is 0 Å². The van der Waals surface area contributed by atoms with E-state index in [9.17, 15) is 4.79 Å². The van der Waals surface area contributed by atoms with Crippen molar-refractivity contribution in [3.05, 3.63) is 60.9 Å². The second-order valence-electron chi connectivity index (χ2n) is 3.21. The SMILES string of the molecule is O=C(Nc1ccccc1)N[n+]1ccccc1. The number of amides is 2. The molecule has 1 heterocycles. The summed E-state index contributed by atoms with van der Waals surface area (Å²) in [6, 6.07) is 14.6. The lowest BCUT2D eigenvalue weighted by molar-refractivity contribution is -0.641. The van der Waals surface area contributed by atoms with Gasteiger partial charge in [-0.2, -0.15) is 0 Å². The first-order chi connectivity index (χ1) is 7.84. The number of hydrogen-bond acceptors (Lipinski definition) is 1. The predicted molar refractivity (Wildman–Crippen MR) is 61.5 cm³/mol. The van der Waals surface area contributed by atoms with E-state index in [1.807, 2.05) is 48.5 Å². The number of pyridine rings is 1. The lowest BCUT2D eigenvalue weighted by Crippen LogP contribution is -2.49. The molecule has 0 fully saturated rings. The molecule has 0 aliphatic rings.